The summed E-state index contributed by atoms with van der Waals surface area (Å²) in [7, 11) is -3.53. The summed E-state index contributed by atoms with van der Waals surface area (Å²) in [5.74, 6) is -5.02. The van der Waals surface area contributed by atoms with E-state index in [1.54, 1.807) is 42.9 Å². The zero-order valence-corrected chi connectivity index (χ0v) is 30.0. The van der Waals surface area contributed by atoms with Gasteiger partial charge in [0.2, 0.25) is 23.5 Å². The molecule has 0 bridgehead atoms. The fourth-order valence-corrected chi connectivity index (χ4v) is 9.48. The molecule has 1 aromatic carbocycles. The first-order valence-electron chi connectivity index (χ1n) is 17.6. The van der Waals surface area contributed by atoms with Crippen molar-refractivity contribution >= 4 is 50.2 Å². The molecule has 6 N–H and O–H groups in total. The number of carbonyl (C=O) groups is 5. The maximum absolute atomic E-state index is 15.1. The summed E-state index contributed by atoms with van der Waals surface area (Å²) in [6.07, 6.45) is 7.57. The molecular weight excluding hydrogens is 694 g/mol. The lowest BCUT2D eigenvalue weighted by atomic mass is 9.84. The van der Waals surface area contributed by atoms with Crippen molar-refractivity contribution in [2.24, 2.45) is 17.4 Å². The van der Waals surface area contributed by atoms with Crippen LogP contribution in [-0.4, -0.2) is 102 Å². The lowest BCUT2D eigenvalue weighted by molar-refractivity contribution is -0.145. The summed E-state index contributed by atoms with van der Waals surface area (Å²) in [5, 5.41) is 27.0. The van der Waals surface area contributed by atoms with Crippen molar-refractivity contribution in [3.05, 3.63) is 41.9 Å². The van der Waals surface area contributed by atoms with Gasteiger partial charge in [-0.2, -0.15) is 5.10 Å². The number of sulfone groups is 1. The van der Waals surface area contributed by atoms with Gasteiger partial charge in [0.05, 0.1) is 41.2 Å². The van der Waals surface area contributed by atoms with Crippen molar-refractivity contribution in [1.82, 2.24) is 35.0 Å². The first kappa shape index (κ1) is 37.1. The van der Waals surface area contributed by atoms with Crippen molar-refractivity contribution < 1.29 is 37.5 Å². The van der Waals surface area contributed by atoms with Gasteiger partial charge in [0, 0.05) is 23.9 Å². The van der Waals surface area contributed by atoms with Crippen molar-refractivity contribution in [1.29, 1.82) is 0 Å². The predicted molar refractivity (Wildman–Crippen MR) is 186 cm³/mol. The Morgan fingerprint density at radius 1 is 1.06 bits per heavy atom. The van der Waals surface area contributed by atoms with Crippen LogP contribution < -0.4 is 16.8 Å². The summed E-state index contributed by atoms with van der Waals surface area (Å²) < 4.78 is 27.7. The molecule has 3 aromatic rings. The number of carbonyl (C=O) groups excluding carboxylic acids is 5. The highest BCUT2D eigenvalue weighted by molar-refractivity contribution is 7.91. The average molecular weight is 740 g/mol. The molecule has 17 nitrogen and oxygen atoms in total. The zero-order valence-electron chi connectivity index (χ0n) is 29.2. The predicted octanol–water partition coefficient (Wildman–Crippen LogP) is 0.426. The van der Waals surface area contributed by atoms with Gasteiger partial charge in [0.15, 0.2) is 9.84 Å². The Morgan fingerprint density at radius 2 is 1.75 bits per heavy atom. The van der Waals surface area contributed by atoms with Crippen LogP contribution in [0.5, 0.6) is 0 Å². The second-order valence-electron chi connectivity index (χ2n) is 14.9. The largest absolute Gasteiger partial charge is 0.384 e. The number of primary amides is 2. The second-order valence-corrected chi connectivity index (χ2v) is 17.2. The Labute approximate surface area is 300 Å². The Morgan fingerprint density at radius 3 is 2.38 bits per heavy atom. The van der Waals surface area contributed by atoms with Gasteiger partial charge in [-0.1, -0.05) is 43.4 Å². The van der Waals surface area contributed by atoms with E-state index in [4.69, 9.17) is 11.5 Å². The lowest BCUT2D eigenvalue weighted by Gasteiger charge is -2.37. The van der Waals surface area contributed by atoms with Crippen molar-refractivity contribution in [3.63, 3.8) is 0 Å². The number of hydrogen-bond acceptors (Lipinski definition) is 11. The number of Topliss-reactive ketones (excluding diaryl/α,β-unsaturated/α-hetero) is 1. The van der Waals surface area contributed by atoms with E-state index in [9.17, 15) is 32.7 Å². The molecule has 18 heteroatoms. The van der Waals surface area contributed by atoms with Crippen LogP contribution in [0.15, 0.2) is 30.6 Å². The Hall–Kier alpha value is -4.71. The first-order valence-corrected chi connectivity index (χ1v) is 19.4. The molecule has 0 radical (unpaired) electrons. The maximum atomic E-state index is 15.1. The maximum Gasteiger partial charge on any atom is 0.287 e. The van der Waals surface area contributed by atoms with Crippen LogP contribution in [0.1, 0.15) is 99.8 Å². The van der Waals surface area contributed by atoms with Crippen LogP contribution in [0, 0.1) is 5.92 Å². The van der Waals surface area contributed by atoms with Gasteiger partial charge in [0.25, 0.3) is 5.91 Å². The summed E-state index contributed by atoms with van der Waals surface area (Å²) >= 11 is 0. The minimum absolute atomic E-state index is 0.00895. The third-order valence-electron chi connectivity index (χ3n) is 10.9. The molecule has 0 spiro atoms. The number of ketones is 1. The number of aromatic nitrogens is 5. The second kappa shape index (κ2) is 14.0. The summed E-state index contributed by atoms with van der Waals surface area (Å²) in [6.45, 7) is 3.08. The molecule has 1 saturated carbocycles. The fraction of sp³-hybridized carbons (Fsp3) is 0.588. The van der Waals surface area contributed by atoms with E-state index in [1.165, 1.54) is 15.8 Å². The number of nitrogens with two attached hydrogens (primary N) is 2. The van der Waals surface area contributed by atoms with E-state index in [0.29, 0.717) is 23.0 Å². The Bertz CT molecular complexity index is 2000. The van der Waals surface area contributed by atoms with Gasteiger partial charge < -0.3 is 26.8 Å². The topological polar surface area (TPSA) is 256 Å². The third-order valence-corrected chi connectivity index (χ3v) is 12.5. The van der Waals surface area contributed by atoms with Gasteiger partial charge in [-0.25, -0.2) is 13.1 Å². The summed E-state index contributed by atoms with van der Waals surface area (Å²) in [6, 6.07) is 2.09. The van der Waals surface area contributed by atoms with E-state index in [2.05, 4.69) is 20.7 Å². The van der Waals surface area contributed by atoms with Crippen molar-refractivity contribution in [3.8, 4) is 0 Å². The summed E-state index contributed by atoms with van der Waals surface area (Å²) in [4.78, 5) is 68.5. The van der Waals surface area contributed by atoms with Gasteiger partial charge in [-0.15, -0.1) is 5.10 Å². The number of nitrogens with one attached hydrogen (secondary N) is 1. The number of rotatable bonds is 11. The lowest BCUT2D eigenvalue weighted by Crippen LogP contribution is -2.64. The van der Waals surface area contributed by atoms with Crippen LogP contribution in [0.4, 0.5) is 0 Å². The number of hydrogen-bond donors (Lipinski definition) is 4. The zero-order chi connectivity index (χ0) is 37.6. The Balaban J connectivity index is 1.41. The SMILES string of the molecule is CC(C)(O)c1cnnn1[C@H]1C[C@@H](C(=O)NC2(C(=O)C(N)=O)CCS(=O)(=O)CC2)N(C(=O)[C@@H](CC2CCCCC2)n2ncc3ccc(C(N)=O)cc32)C1. The molecule has 3 atom stereocenters. The summed E-state index contributed by atoms with van der Waals surface area (Å²) in [5.41, 5.74) is 8.83. The molecule has 2 aromatic heterocycles. The minimum atomic E-state index is -3.53. The number of fused-ring (bicyclic) bond motifs is 1. The molecule has 52 heavy (non-hydrogen) atoms. The fourth-order valence-electron chi connectivity index (χ4n) is 7.96. The molecule has 3 aliphatic rings. The molecule has 3 fully saturated rings. The van der Waals surface area contributed by atoms with E-state index >= 15 is 4.79 Å². The Kier molecular flexibility index (Phi) is 9.99. The quantitative estimate of drug-likeness (QED) is 0.196. The molecular formula is C34H45N9O8S. The van der Waals surface area contributed by atoms with Crippen LogP contribution >= 0.6 is 0 Å². The van der Waals surface area contributed by atoms with E-state index in [1.807, 2.05) is 0 Å². The highest BCUT2D eigenvalue weighted by Crippen LogP contribution is 2.38. The first-order chi connectivity index (χ1) is 24.5. The number of likely N-dealkylation sites (tertiary alicyclic amines) is 1. The highest BCUT2D eigenvalue weighted by atomic mass is 32.2. The van der Waals surface area contributed by atoms with Gasteiger partial charge in [0.1, 0.15) is 23.2 Å². The highest BCUT2D eigenvalue weighted by Gasteiger charge is 2.51. The van der Waals surface area contributed by atoms with E-state index in [0.717, 1.165) is 32.1 Å². The van der Waals surface area contributed by atoms with Crippen LogP contribution in [0.3, 0.4) is 0 Å². The van der Waals surface area contributed by atoms with Crippen LogP contribution in [-0.2, 0) is 34.6 Å². The average Bonchev–Trinajstić information content (AvgIpc) is 3.86. The molecule has 2 aliphatic heterocycles. The van der Waals surface area contributed by atoms with Gasteiger partial charge >= 0.3 is 0 Å². The third kappa shape index (κ3) is 7.30. The molecule has 4 amide bonds. The van der Waals surface area contributed by atoms with Crippen LogP contribution in [0.2, 0.25) is 0 Å². The standard InChI is InChI=1S/C34H45N9O8S/c1-33(2,49)27-18-37-40-42(27)23-16-25(31(47)39-34(28(44)30(36)46)10-12-52(50,51)13-11-34)41(19-23)32(48)26(14-20-6-4-3-5-7-20)43-24-15-21(29(35)45)8-9-22(24)17-38-43/h8-9,15,17-18,20,23,25-26,49H,3-7,10-14,16,19H2,1-2H3,(H2,35,45)(H2,36,46)(H,39,47)/t23-,25-,26+/m0/s1. The minimum Gasteiger partial charge on any atom is -0.384 e. The van der Waals surface area contributed by atoms with E-state index in [-0.39, 0.29) is 37.3 Å². The van der Waals surface area contributed by atoms with Crippen LogP contribution in [0.25, 0.3) is 10.9 Å². The van der Waals surface area contributed by atoms with Crippen molar-refractivity contribution in [2.45, 2.75) is 101 Å². The number of benzene rings is 1. The number of aliphatic hydroxyl groups is 1. The number of nitrogens with zero attached hydrogens (tertiary/aromatic N) is 6. The monoisotopic (exact) mass is 739 g/mol. The molecule has 4 heterocycles. The smallest absolute Gasteiger partial charge is 0.287 e. The molecule has 2 saturated heterocycles. The molecule has 280 valence electrons. The van der Waals surface area contributed by atoms with Gasteiger partial charge in [-0.3, -0.25) is 28.7 Å². The van der Waals surface area contributed by atoms with Gasteiger partial charge in [-0.05, 0) is 51.2 Å². The van der Waals surface area contributed by atoms with Crippen molar-refractivity contribution in [2.75, 3.05) is 18.1 Å². The normalized spacial score (nSPS) is 22.6. The molecule has 0 unspecified atom stereocenters. The molecule has 1 aliphatic carbocycles. The number of amides is 4. The molecule has 6 rings (SSSR count). The van der Waals surface area contributed by atoms with E-state index < -0.39 is 80.0 Å².